The first-order chi connectivity index (χ1) is 11.8. The van der Waals surface area contributed by atoms with Gasteiger partial charge in [0.1, 0.15) is 11.4 Å². The summed E-state index contributed by atoms with van der Waals surface area (Å²) < 4.78 is 7.10. The fourth-order valence-electron chi connectivity index (χ4n) is 2.57. The van der Waals surface area contributed by atoms with Crippen molar-refractivity contribution >= 4 is 5.91 Å². The number of nitrogens with one attached hydrogen (secondary N) is 1. The summed E-state index contributed by atoms with van der Waals surface area (Å²) in [6.07, 6.45) is 3.92. The van der Waals surface area contributed by atoms with E-state index in [0.29, 0.717) is 18.7 Å². The minimum absolute atomic E-state index is 0.147. The molecule has 1 amide bonds. The molecule has 0 atom stereocenters. The summed E-state index contributed by atoms with van der Waals surface area (Å²) in [6, 6.07) is 17.5. The number of benzene rings is 2. The monoisotopic (exact) mass is 321 g/mol. The minimum atomic E-state index is -0.147. The number of rotatable bonds is 6. The standard InChI is InChI=1S/C19H19N3O2/c1-24-18-10-6-5-7-15(18)11-12-21-19(23)17-13-20-14-22(17)16-8-3-2-4-9-16/h2-10,13-14H,11-12H2,1H3,(H,21,23). The molecule has 0 fully saturated rings. The molecule has 0 radical (unpaired) electrons. The highest BCUT2D eigenvalue weighted by Crippen LogP contribution is 2.17. The van der Waals surface area contributed by atoms with Gasteiger partial charge in [-0.2, -0.15) is 0 Å². The molecule has 0 bridgehead atoms. The first-order valence-electron chi connectivity index (χ1n) is 7.77. The summed E-state index contributed by atoms with van der Waals surface area (Å²) in [4.78, 5) is 16.5. The van der Waals surface area contributed by atoms with Gasteiger partial charge in [0, 0.05) is 12.2 Å². The van der Waals surface area contributed by atoms with Crippen molar-refractivity contribution in [2.45, 2.75) is 6.42 Å². The molecular formula is C19H19N3O2. The first-order valence-corrected chi connectivity index (χ1v) is 7.77. The molecule has 0 saturated heterocycles. The number of carbonyl (C=O) groups is 1. The molecule has 0 unspecified atom stereocenters. The Labute approximate surface area is 140 Å². The Balaban J connectivity index is 1.65. The molecule has 3 rings (SSSR count). The third-order valence-corrected chi connectivity index (χ3v) is 3.78. The lowest BCUT2D eigenvalue weighted by atomic mass is 10.1. The lowest BCUT2D eigenvalue weighted by Crippen LogP contribution is -2.27. The molecule has 5 heteroatoms. The third-order valence-electron chi connectivity index (χ3n) is 3.78. The van der Waals surface area contributed by atoms with Crippen LogP contribution in [0.15, 0.2) is 67.1 Å². The predicted molar refractivity (Wildman–Crippen MR) is 92.6 cm³/mol. The third kappa shape index (κ3) is 3.46. The van der Waals surface area contributed by atoms with Crippen molar-refractivity contribution < 1.29 is 9.53 Å². The molecule has 3 aromatic rings. The molecule has 0 aliphatic rings. The van der Waals surface area contributed by atoms with Crippen LogP contribution in [-0.2, 0) is 6.42 Å². The molecule has 2 aromatic carbocycles. The van der Waals surface area contributed by atoms with Crippen LogP contribution < -0.4 is 10.1 Å². The summed E-state index contributed by atoms with van der Waals surface area (Å²) >= 11 is 0. The molecular weight excluding hydrogens is 302 g/mol. The van der Waals surface area contributed by atoms with Gasteiger partial charge in [0.2, 0.25) is 0 Å². The number of imidazole rings is 1. The van der Waals surface area contributed by atoms with Crippen molar-refractivity contribution in [2.75, 3.05) is 13.7 Å². The van der Waals surface area contributed by atoms with Gasteiger partial charge < -0.3 is 10.1 Å². The van der Waals surface area contributed by atoms with Gasteiger partial charge >= 0.3 is 0 Å². The fraction of sp³-hybridized carbons (Fsp3) is 0.158. The maximum absolute atomic E-state index is 12.4. The SMILES string of the molecule is COc1ccccc1CCNC(=O)c1cncn1-c1ccccc1. The Kier molecular flexibility index (Phi) is 4.91. The quantitative estimate of drug-likeness (QED) is 0.759. The highest BCUT2D eigenvalue weighted by atomic mass is 16.5. The van der Waals surface area contributed by atoms with E-state index in [9.17, 15) is 4.79 Å². The number of methoxy groups -OCH3 is 1. The van der Waals surface area contributed by atoms with Gasteiger partial charge in [-0.05, 0) is 30.2 Å². The van der Waals surface area contributed by atoms with Crippen LogP contribution in [0, 0.1) is 0 Å². The second kappa shape index (κ2) is 7.46. The van der Waals surface area contributed by atoms with E-state index in [1.807, 2.05) is 54.6 Å². The van der Waals surface area contributed by atoms with Crippen molar-refractivity contribution in [3.8, 4) is 11.4 Å². The van der Waals surface area contributed by atoms with E-state index in [1.54, 1.807) is 24.2 Å². The maximum Gasteiger partial charge on any atom is 0.269 e. The maximum atomic E-state index is 12.4. The molecule has 24 heavy (non-hydrogen) atoms. The van der Waals surface area contributed by atoms with Gasteiger partial charge in [-0.15, -0.1) is 0 Å². The summed E-state index contributed by atoms with van der Waals surface area (Å²) in [7, 11) is 1.65. The Bertz CT molecular complexity index is 812. The summed E-state index contributed by atoms with van der Waals surface area (Å²) in [5.41, 5.74) is 2.49. The Hall–Kier alpha value is -3.08. The van der Waals surface area contributed by atoms with E-state index >= 15 is 0 Å². The second-order valence-electron chi connectivity index (χ2n) is 5.30. The summed E-state index contributed by atoms with van der Waals surface area (Å²) in [6.45, 7) is 0.527. The fourth-order valence-corrected chi connectivity index (χ4v) is 2.57. The van der Waals surface area contributed by atoms with Crippen LogP contribution in [0.1, 0.15) is 16.1 Å². The van der Waals surface area contributed by atoms with Crippen molar-refractivity contribution in [2.24, 2.45) is 0 Å². The van der Waals surface area contributed by atoms with E-state index in [4.69, 9.17) is 4.74 Å². The van der Waals surface area contributed by atoms with Crippen LogP contribution in [0.3, 0.4) is 0 Å². The van der Waals surface area contributed by atoms with E-state index < -0.39 is 0 Å². The first kappa shape index (κ1) is 15.8. The zero-order valence-electron chi connectivity index (χ0n) is 13.5. The van der Waals surface area contributed by atoms with Crippen LogP contribution in [0.2, 0.25) is 0 Å². The molecule has 1 N–H and O–H groups in total. The molecule has 0 aliphatic heterocycles. The van der Waals surface area contributed by atoms with Gasteiger partial charge in [0.05, 0.1) is 19.6 Å². The van der Waals surface area contributed by atoms with Gasteiger partial charge in [-0.3, -0.25) is 9.36 Å². The number of aromatic nitrogens is 2. The number of nitrogens with zero attached hydrogens (tertiary/aromatic N) is 2. The molecule has 1 heterocycles. The number of hydrogen-bond donors (Lipinski definition) is 1. The predicted octanol–water partition coefficient (Wildman–Crippen LogP) is 2.85. The smallest absolute Gasteiger partial charge is 0.269 e. The molecule has 0 aliphatic carbocycles. The average Bonchev–Trinajstić information content (AvgIpc) is 3.12. The van der Waals surface area contributed by atoms with Crippen molar-refractivity contribution in [1.82, 2.24) is 14.9 Å². The molecule has 5 nitrogen and oxygen atoms in total. The summed E-state index contributed by atoms with van der Waals surface area (Å²) in [5.74, 6) is 0.687. The number of para-hydroxylation sites is 2. The highest BCUT2D eigenvalue weighted by molar-refractivity contribution is 5.93. The lowest BCUT2D eigenvalue weighted by molar-refractivity contribution is 0.0947. The van der Waals surface area contributed by atoms with Gasteiger partial charge in [-0.25, -0.2) is 4.98 Å². The number of amides is 1. The average molecular weight is 321 g/mol. The molecule has 0 spiro atoms. The van der Waals surface area contributed by atoms with E-state index in [0.717, 1.165) is 17.0 Å². The Morgan fingerprint density at radius 2 is 1.88 bits per heavy atom. The Morgan fingerprint density at radius 1 is 1.12 bits per heavy atom. The van der Waals surface area contributed by atoms with Crippen molar-refractivity contribution in [3.05, 3.63) is 78.4 Å². The van der Waals surface area contributed by atoms with Crippen LogP contribution >= 0.6 is 0 Å². The molecule has 122 valence electrons. The largest absolute Gasteiger partial charge is 0.496 e. The lowest BCUT2D eigenvalue weighted by Gasteiger charge is -2.10. The van der Waals surface area contributed by atoms with Crippen LogP contribution in [-0.4, -0.2) is 29.1 Å². The highest BCUT2D eigenvalue weighted by Gasteiger charge is 2.12. The van der Waals surface area contributed by atoms with E-state index in [1.165, 1.54) is 0 Å². The minimum Gasteiger partial charge on any atom is -0.496 e. The van der Waals surface area contributed by atoms with Crippen molar-refractivity contribution in [1.29, 1.82) is 0 Å². The summed E-state index contributed by atoms with van der Waals surface area (Å²) in [5, 5.41) is 2.94. The van der Waals surface area contributed by atoms with Crippen LogP contribution in [0.5, 0.6) is 5.75 Å². The van der Waals surface area contributed by atoms with Gasteiger partial charge in [0.25, 0.3) is 5.91 Å². The number of ether oxygens (including phenoxy) is 1. The molecule has 0 saturated carbocycles. The zero-order chi connectivity index (χ0) is 16.8. The number of carbonyl (C=O) groups excluding carboxylic acids is 1. The van der Waals surface area contributed by atoms with Crippen LogP contribution in [0.25, 0.3) is 5.69 Å². The zero-order valence-corrected chi connectivity index (χ0v) is 13.5. The van der Waals surface area contributed by atoms with Gasteiger partial charge in [0.15, 0.2) is 0 Å². The van der Waals surface area contributed by atoms with E-state index in [2.05, 4.69) is 10.3 Å². The topological polar surface area (TPSA) is 56.1 Å². The van der Waals surface area contributed by atoms with Crippen LogP contribution in [0.4, 0.5) is 0 Å². The molecule has 1 aromatic heterocycles. The van der Waals surface area contributed by atoms with E-state index in [-0.39, 0.29) is 5.91 Å². The van der Waals surface area contributed by atoms with Crippen molar-refractivity contribution in [3.63, 3.8) is 0 Å². The van der Waals surface area contributed by atoms with Gasteiger partial charge in [-0.1, -0.05) is 36.4 Å². The Morgan fingerprint density at radius 3 is 2.67 bits per heavy atom. The second-order valence-corrected chi connectivity index (χ2v) is 5.30. The normalized spacial score (nSPS) is 10.4. The number of hydrogen-bond acceptors (Lipinski definition) is 3.